The molecular formula is C16H21N3S. The molecule has 0 amide bonds. The molecular weight excluding hydrogens is 266 g/mol. The maximum absolute atomic E-state index is 4.27. The molecule has 0 spiro atoms. The zero-order valence-corrected chi connectivity index (χ0v) is 12.9. The summed E-state index contributed by atoms with van der Waals surface area (Å²) in [6.45, 7) is 3.29. The molecule has 1 aromatic heterocycles. The first-order valence-electron chi connectivity index (χ1n) is 7.24. The summed E-state index contributed by atoms with van der Waals surface area (Å²) in [6, 6.07) is 9.28. The Balaban J connectivity index is 1.79. The Kier molecular flexibility index (Phi) is 4.13. The number of nitrogens with zero attached hydrogens (tertiary/aromatic N) is 2. The third kappa shape index (κ3) is 2.76. The molecule has 4 heteroatoms. The highest BCUT2D eigenvalue weighted by atomic mass is 32.2. The summed E-state index contributed by atoms with van der Waals surface area (Å²) in [6.07, 6.45) is 6.37. The van der Waals surface area contributed by atoms with Crippen LogP contribution in [0.25, 0.3) is 0 Å². The first-order valence-corrected chi connectivity index (χ1v) is 8.12. The molecule has 106 valence electrons. The number of aryl methyl sites for hydroxylation is 1. The SMILES string of the molecule is CCCNC1c2ccccc2CC1Sc1cnn(C)c1. The van der Waals surface area contributed by atoms with E-state index in [2.05, 4.69) is 47.8 Å². The van der Waals surface area contributed by atoms with E-state index in [0.29, 0.717) is 11.3 Å². The summed E-state index contributed by atoms with van der Waals surface area (Å²) in [7, 11) is 1.97. The third-order valence-electron chi connectivity index (χ3n) is 3.77. The molecule has 1 N–H and O–H groups in total. The molecule has 1 heterocycles. The molecule has 1 aromatic carbocycles. The number of hydrogen-bond donors (Lipinski definition) is 1. The second-order valence-electron chi connectivity index (χ2n) is 5.34. The van der Waals surface area contributed by atoms with E-state index in [1.165, 1.54) is 22.4 Å². The molecule has 0 saturated carbocycles. The van der Waals surface area contributed by atoms with Crippen molar-refractivity contribution in [2.45, 2.75) is 36.0 Å². The van der Waals surface area contributed by atoms with Gasteiger partial charge in [-0.15, -0.1) is 11.8 Å². The lowest BCUT2D eigenvalue weighted by Crippen LogP contribution is -2.27. The molecule has 2 atom stereocenters. The first-order chi connectivity index (χ1) is 9.78. The van der Waals surface area contributed by atoms with Crippen LogP contribution in [-0.2, 0) is 13.5 Å². The van der Waals surface area contributed by atoms with Crippen LogP contribution in [0.4, 0.5) is 0 Å². The summed E-state index contributed by atoms with van der Waals surface area (Å²) >= 11 is 1.94. The molecule has 0 saturated heterocycles. The minimum absolute atomic E-state index is 0.455. The van der Waals surface area contributed by atoms with Crippen LogP contribution in [-0.4, -0.2) is 21.6 Å². The molecule has 3 nitrogen and oxygen atoms in total. The van der Waals surface area contributed by atoms with Crippen LogP contribution in [0.1, 0.15) is 30.5 Å². The van der Waals surface area contributed by atoms with Gasteiger partial charge in [-0.1, -0.05) is 31.2 Å². The molecule has 20 heavy (non-hydrogen) atoms. The number of nitrogens with one attached hydrogen (secondary N) is 1. The zero-order valence-electron chi connectivity index (χ0n) is 12.0. The molecule has 0 bridgehead atoms. The normalized spacial score (nSPS) is 21.1. The predicted octanol–water partition coefficient (Wildman–Crippen LogP) is 3.18. The van der Waals surface area contributed by atoms with E-state index in [-0.39, 0.29) is 0 Å². The van der Waals surface area contributed by atoms with Crippen molar-refractivity contribution in [3.05, 3.63) is 47.8 Å². The van der Waals surface area contributed by atoms with Crippen LogP contribution in [0.2, 0.25) is 0 Å². The van der Waals surface area contributed by atoms with Crippen LogP contribution in [0.5, 0.6) is 0 Å². The number of aromatic nitrogens is 2. The van der Waals surface area contributed by atoms with Crippen molar-refractivity contribution in [2.24, 2.45) is 7.05 Å². The van der Waals surface area contributed by atoms with Crippen molar-refractivity contribution in [2.75, 3.05) is 6.54 Å². The molecule has 2 aromatic rings. The highest BCUT2D eigenvalue weighted by molar-refractivity contribution is 8.00. The van der Waals surface area contributed by atoms with Gasteiger partial charge in [0.25, 0.3) is 0 Å². The van der Waals surface area contributed by atoms with Gasteiger partial charge in [0.2, 0.25) is 0 Å². The smallest absolute Gasteiger partial charge is 0.0625 e. The van der Waals surface area contributed by atoms with E-state index in [1.807, 2.05) is 29.7 Å². The lowest BCUT2D eigenvalue weighted by molar-refractivity contribution is 0.539. The average Bonchev–Trinajstić information content (AvgIpc) is 3.00. The third-order valence-corrected chi connectivity index (χ3v) is 4.99. The van der Waals surface area contributed by atoms with E-state index in [0.717, 1.165) is 13.0 Å². The lowest BCUT2D eigenvalue weighted by Gasteiger charge is -2.21. The van der Waals surface area contributed by atoms with Crippen molar-refractivity contribution in [3.8, 4) is 0 Å². The molecule has 0 aliphatic heterocycles. The standard InChI is InChI=1S/C16H21N3S/c1-3-8-17-16-14-7-5-4-6-12(14)9-15(16)20-13-10-18-19(2)11-13/h4-7,10-11,15-17H,3,8-9H2,1-2H3. The van der Waals surface area contributed by atoms with E-state index in [9.17, 15) is 0 Å². The summed E-state index contributed by atoms with van der Waals surface area (Å²) in [4.78, 5) is 1.26. The minimum atomic E-state index is 0.455. The van der Waals surface area contributed by atoms with Gasteiger partial charge in [0.1, 0.15) is 0 Å². The molecule has 1 aliphatic rings. The Morgan fingerprint density at radius 1 is 1.40 bits per heavy atom. The summed E-state index contributed by atoms with van der Waals surface area (Å²) in [5.41, 5.74) is 2.96. The van der Waals surface area contributed by atoms with Gasteiger partial charge in [-0.3, -0.25) is 4.68 Å². The fourth-order valence-electron chi connectivity index (χ4n) is 2.84. The predicted molar refractivity (Wildman–Crippen MR) is 84.0 cm³/mol. The topological polar surface area (TPSA) is 29.9 Å². The molecule has 0 radical (unpaired) electrons. The molecule has 1 aliphatic carbocycles. The van der Waals surface area contributed by atoms with Gasteiger partial charge in [-0.2, -0.15) is 5.10 Å². The van der Waals surface area contributed by atoms with Gasteiger partial charge in [0, 0.05) is 29.4 Å². The Bertz CT molecular complexity index is 579. The average molecular weight is 287 g/mol. The second kappa shape index (κ2) is 6.02. The van der Waals surface area contributed by atoms with Crippen molar-refractivity contribution in [3.63, 3.8) is 0 Å². The van der Waals surface area contributed by atoms with Crippen molar-refractivity contribution in [1.29, 1.82) is 0 Å². The Labute approximate surface area is 124 Å². The molecule has 0 fully saturated rings. The van der Waals surface area contributed by atoms with E-state index in [1.54, 1.807) is 0 Å². The fourth-order valence-corrected chi connectivity index (χ4v) is 4.16. The van der Waals surface area contributed by atoms with Crippen LogP contribution in [0, 0.1) is 0 Å². The monoisotopic (exact) mass is 287 g/mol. The highest BCUT2D eigenvalue weighted by Gasteiger charge is 2.32. The Hall–Kier alpha value is -1.26. The highest BCUT2D eigenvalue weighted by Crippen LogP contribution is 2.41. The Morgan fingerprint density at radius 2 is 2.25 bits per heavy atom. The quantitative estimate of drug-likeness (QED) is 0.916. The van der Waals surface area contributed by atoms with Crippen LogP contribution < -0.4 is 5.32 Å². The van der Waals surface area contributed by atoms with Crippen LogP contribution in [0.15, 0.2) is 41.6 Å². The maximum Gasteiger partial charge on any atom is 0.0625 e. The lowest BCUT2D eigenvalue weighted by atomic mass is 10.1. The van der Waals surface area contributed by atoms with E-state index < -0.39 is 0 Å². The molecule has 2 unspecified atom stereocenters. The van der Waals surface area contributed by atoms with Crippen molar-refractivity contribution in [1.82, 2.24) is 15.1 Å². The summed E-state index contributed by atoms with van der Waals surface area (Å²) < 4.78 is 1.87. The number of rotatable bonds is 5. The van der Waals surface area contributed by atoms with Crippen LogP contribution in [0.3, 0.4) is 0 Å². The van der Waals surface area contributed by atoms with Gasteiger partial charge in [0.05, 0.1) is 6.20 Å². The van der Waals surface area contributed by atoms with Gasteiger partial charge >= 0.3 is 0 Å². The fraction of sp³-hybridized carbons (Fsp3) is 0.438. The maximum atomic E-state index is 4.27. The van der Waals surface area contributed by atoms with E-state index >= 15 is 0 Å². The summed E-state index contributed by atoms with van der Waals surface area (Å²) in [5, 5.41) is 8.55. The number of benzene rings is 1. The minimum Gasteiger partial charge on any atom is -0.309 e. The van der Waals surface area contributed by atoms with Gasteiger partial charge in [0.15, 0.2) is 0 Å². The van der Waals surface area contributed by atoms with Gasteiger partial charge in [-0.25, -0.2) is 0 Å². The number of thioether (sulfide) groups is 1. The van der Waals surface area contributed by atoms with Crippen molar-refractivity contribution < 1.29 is 0 Å². The van der Waals surface area contributed by atoms with Gasteiger partial charge < -0.3 is 5.32 Å². The van der Waals surface area contributed by atoms with Crippen LogP contribution >= 0.6 is 11.8 Å². The largest absolute Gasteiger partial charge is 0.309 e. The van der Waals surface area contributed by atoms with E-state index in [4.69, 9.17) is 0 Å². The number of fused-ring (bicyclic) bond motifs is 1. The van der Waals surface area contributed by atoms with Crippen molar-refractivity contribution >= 4 is 11.8 Å². The number of hydrogen-bond acceptors (Lipinski definition) is 3. The Morgan fingerprint density at radius 3 is 3.00 bits per heavy atom. The summed E-state index contributed by atoms with van der Waals surface area (Å²) in [5.74, 6) is 0. The van der Waals surface area contributed by atoms with Gasteiger partial charge in [-0.05, 0) is 30.5 Å². The molecule has 3 rings (SSSR count). The first kappa shape index (κ1) is 13.7. The second-order valence-corrected chi connectivity index (χ2v) is 6.65. The zero-order chi connectivity index (χ0) is 13.9.